The topological polar surface area (TPSA) is 208 Å². The molecule has 0 spiro atoms. The number of hydrogen-bond acceptors (Lipinski definition) is 11. The van der Waals surface area contributed by atoms with Crippen molar-refractivity contribution in [3.8, 4) is 5.75 Å². The SMILES string of the molecule is CN(C)c1cc(CNCCCC(=O)O)c(O)c2c1C[C@H]1C[C@H]3[C@@H](N(C)C)C(=O)C(C(N)=O)C(=O)[C@@]3(O)C(=O)C1C2=O. The Morgan fingerprint density at radius 2 is 1.78 bits per heavy atom. The number of Topliss-reactive ketones (excluding diaryl/α,β-unsaturated/α-hetero) is 4. The number of nitrogens with two attached hydrogens (primary N) is 1. The molecule has 0 saturated heterocycles. The molecule has 2 saturated carbocycles. The number of carboxylic acids is 1. The Morgan fingerprint density at radius 1 is 1.12 bits per heavy atom. The quantitative estimate of drug-likeness (QED) is 0.176. The molecule has 3 aliphatic rings. The number of rotatable bonds is 9. The molecule has 0 heterocycles. The van der Waals surface area contributed by atoms with Crippen LogP contribution in [-0.2, 0) is 36.9 Å². The van der Waals surface area contributed by atoms with Crippen LogP contribution in [0.2, 0.25) is 0 Å². The summed E-state index contributed by atoms with van der Waals surface area (Å²) in [4.78, 5) is 80.7. The first-order chi connectivity index (χ1) is 19.1. The van der Waals surface area contributed by atoms with E-state index in [4.69, 9.17) is 10.8 Å². The van der Waals surface area contributed by atoms with Gasteiger partial charge >= 0.3 is 5.97 Å². The lowest BCUT2D eigenvalue weighted by atomic mass is 9.52. The molecule has 1 aromatic carbocycles. The summed E-state index contributed by atoms with van der Waals surface area (Å²) >= 11 is 0. The van der Waals surface area contributed by atoms with Crippen molar-refractivity contribution in [2.45, 2.75) is 43.9 Å². The van der Waals surface area contributed by atoms with E-state index in [1.165, 1.54) is 19.0 Å². The number of phenolic OH excluding ortho intramolecular Hbond substituents is 1. The van der Waals surface area contributed by atoms with Gasteiger partial charge in [-0.15, -0.1) is 0 Å². The second kappa shape index (κ2) is 11.0. The van der Waals surface area contributed by atoms with Crippen LogP contribution in [0.5, 0.6) is 5.75 Å². The maximum Gasteiger partial charge on any atom is 0.303 e. The van der Waals surface area contributed by atoms with Crippen LogP contribution >= 0.6 is 0 Å². The molecule has 2 unspecified atom stereocenters. The monoisotopic (exact) mass is 572 g/mol. The second-order valence-corrected chi connectivity index (χ2v) is 11.6. The van der Waals surface area contributed by atoms with Gasteiger partial charge in [-0.05, 0) is 57.5 Å². The molecule has 3 aliphatic carbocycles. The minimum absolute atomic E-state index is 0.0234. The van der Waals surface area contributed by atoms with E-state index in [0.29, 0.717) is 29.8 Å². The summed E-state index contributed by atoms with van der Waals surface area (Å²) in [6.45, 7) is 0.465. The third-order valence-corrected chi connectivity index (χ3v) is 8.66. The van der Waals surface area contributed by atoms with E-state index in [2.05, 4.69) is 5.32 Å². The lowest BCUT2D eigenvalue weighted by Crippen LogP contribution is -2.74. The molecule has 13 nitrogen and oxygen atoms in total. The fraction of sp³-hybridized carbons (Fsp3) is 0.571. The number of carbonyl (C=O) groups excluding carboxylic acids is 5. The summed E-state index contributed by atoms with van der Waals surface area (Å²) in [7, 11) is 6.60. The Labute approximate surface area is 236 Å². The van der Waals surface area contributed by atoms with Gasteiger partial charge in [0.25, 0.3) is 0 Å². The standard InChI is InChI=1S/C28H36N4O9/c1-31(2)16-10-13(11-30-7-5-6-17(33)34)22(35)19-14(16)8-12-9-15-21(32(3)4)24(37)20(27(29)40)26(39)28(15,41)25(38)18(12)23(19)36/h10,12,15,18,20-21,30,35,41H,5-9,11H2,1-4H3,(H2,29,40)(H,33,34)/t12-,15-,18?,20?,21+,28-/m0/s1. The zero-order valence-electron chi connectivity index (χ0n) is 23.5. The van der Waals surface area contributed by atoms with Crippen LogP contribution in [0.25, 0.3) is 0 Å². The van der Waals surface area contributed by atoms with Crippen LogP contribution in [0.1, 0.15) is 40.7 Å². The maximum atomic E-state index is 14.0. The number of carbonyl (C=O) groups is 6. The van der Waals surface area contributed by atoms with Crippen molar-refractivity contribution in [2.24, 2.45) is 29.4 Å². The number of phenols is 1. The van der Waals surface area contributed by atoms with Crippen molar-refractivity contribution in [1.29, 1.82) is 0 Å². The molecule has 1 amide bonds. The van der Waals surface area contributed by atoms with Gasteiger partial charge in [0.1, 0.15) is 5.75 Å². The molecule has 1 aromatic rings. The molecule has 0 aromatic heterocycles. The molecule has 2 fully saturated rings. The Balaban J connectivity index is 1.77. The number of aliphatic hydroxyl groups is 1. The van der Waals surface area contributed by atoms with E-state index >= 15 is 0 Å². The number of amides is 1. The molecule has 6 atom stereocenters. The minimum Gasteiger partial charge on any atom is -0.507 e. The zero-order chi connectivity index (χ0) is 30.5. The highest BCUT2D eigenvalue weighted by molar-refractivity contribution is 6.32. The van der Waals surface area contributed by atoms with Crippen LogP contribution in [0.4, 0.5) is 5.69 Å². The van der Waals surface area contributed by atoms with Gasteiger partial charge in [0.05, 0.1) is 17.5 Å². The van der Waals surface area contributed by atoms with E-state index in [1.807, 2.05) is 0 Å². The number of aromatic hydroxyl groups is 1. The maximum absolute atomic E-state index is 14.0. The molecular weight excluding hydrogens is 536 g/mol. The number of likely N-dealkylation sites (N-methyl/N-ethyl adjacent to an activating group) is 1. The number of hydrogen-bond donors (Lipinski definition) is 5. The predicted octanol–water partition coefficient (Wildman–Crippen LogP) is -1.11. The Kier molecular flexibility index (Phi) is 8.09. The fourth-order valence-electron chi connectivity index (χ4n) is 6.83. The van der Waals surface area contributed by atoms with Crippen molar-refractivity contribution < 1.29 is 44.1 Å². The number of primary amides is 1. The first-order valence-electron chi connectivity index (χ1n) is 13.5. The predicted molar refractivity (Wildman–Crippen MR) is 144 cm³/mol. The second-order valence-electron chi connectivity index (χ2n) is 11.6. The highest BCUT2D eigenvalue weighted by atomic mass is 16.4. The summed E-state index contributed by atoms with van der Waals surface area (Å²) in [5, 5.41) is 34.8. The van der Waals surface area contributed by atoms with E-state index < -0.39 is 70.3 Å². The van der Waals surface area contributed by atoms with Gasteiger partial charge in [-0.1, -0.05) is 0 Å². The van der Waals surface area contributed by atoms with Crippen LogP contribution in [0, 0.1) is 23.7 Å². The normalized spacial score (nSPS) is 29.2. The molecule has 222 valence electrons. The first kappa shape index (κ1) is 30.3. The summed E-state index contributed by atoms with van der Waals surface area (Å²) < 4.78 is 0. The van der Waals surface area contributed by atoms with E-state index in [0.717, 1.165) is 0 Å². The van der Waals surface area contributed by atoms with Gasteiger partial charge in [-0.25, -0.2) is 0 Å². The van der Waals surface area contributed by atoms with Crippen molar-refractivity contribution >= 4 is 40.7 Å². The number of anilines is 1. The number of nitrogens with one attached hydrogen (secondary N) is 1. The Bertz CT molecular complexity index is 1340. The third-order valence-electron chi connectivity index (χ3n) is 8.66. The average Bonchev–Trinajstić information content (AvgIpc) is 2.86. The van der Waals surface area contributed by atoms with Gasteiger partial charge < -0.3 is 31.3 Å². The summed E-state index contributed by atoms with van der Waals surface area (Å²) in [6.07, 6.45) is 0.466. The molecule has 13 heteroatoms. The zero-order valence-corrected chi connectivity index (χ0v) is 23.5. The van der Waals surface area contributed by atoms with E-state index in [1.54, 1.807) is 25.1 Å². The van der Waals surface area contributed by atoms with Crippen LogP contribution in [-0.4, -0.2) is 102 Å². The van der Waals surface area contributed by atoms with Gasteiger partial charge in [0.2, 0.25) is 5.91 Å². The number of benzene rings is 1. The van der Waals surface area contributed by atoms with Crippen LogP contribution in [0.15, 0.2) is 6.07 Å². The summed E-state index contributed by atoms with van der Waals surface area (Å²) in [5.41, 5.74) is 4.00. The van der Waals surface area contributed by atoms with Gasteiger partial charge in [-0.3, -0.25) is 33.7 Å². The van der Waals surface area contributed by atoms with Crippen molar-refractivity contribution in [3.05, 3.63) is 22.8 Å². The highest BCUT2D eigenvalue weighted by Gasteiger charge is 2.69. The number of ketones is 4. The first-order valence-corrected chi connectivity index (χ1v) is 13.5. The summed E-state index contributed by atoms with van der Waals surface area (Å²) in [6, 6.07) is 0.564. The van der Waals surface area contributed by atoms with Crippen molar-refractivity contribution in [3.63, 3.8) is 0 Å². The van der Waals surface area contributed by atoms with E-state index in [-0.39, 0.29) is 37.1 Å². The van der Waals surface area contributed by atoms with Crippen molar-refractivity contribution in [2.75, 3.05) is 39.6 Å². The largest absolute Gasteiger partial charge is 0.507 e. The molecule has 4 rings (SSSR count). The molecule has 0 radical (unpaired) electrons. The number of nitrogens with zero attached hydrogens (tertiary/aromatic N) is 2. The minimum atomic E-state index is -2.78. The van der Waals surface area contributed by atoms with Gasteiger partial charge in [0, 0.05) is 44.2 Å². The Hall–Kier alpha value is -3.68. The lowest BCUT2D eigenvalue weighted by molar-refractivity contribution is -0.181. The highest BCUT2D eigenvalue weighted by Crippen LogP contribution is 2.52. The average molecular weight is 573 g/mol. The molecular formula is C28H36N4O9. The van der Waals surface area contributed by atoms with Crippen molar-refractivity contribution in [1.82, 2.24) is 10.2 Å². The molecule has 0 bridgehead atoms. The fourth-order valence-corrected chi connectivity index (χ4v) is 6.83. The molecule has 0 aliphatic heterocycles. The number of aliphatic carboxylic acids is 1. The summed E-state index contributed by atoms with van der Waals surface area (Å²) in [5.74, 6) is -11.8. The van der Waals surface area contributed by atoms with Crippen LogP contribution < -0.4 is 16.0 Å². The smallest absolute Gasteiger partial charge is 0.303 e. The Morgan fingerprint density at radius 3 is 2.34 bits per heavy atom. The van der Waals surface area contributed by atoms with E-state index in [9.17, 15) is 39.0 Å². The van der Waals surface area contributed by atoms with Gasteiger partial charge in [0.15, 0.2) is 34.7 Å². The number of fused-ring (bicyclic) bond motifs is 3. The molecule has 6 N–H and O–H groups in total. The van der Waals surface area contributed by atoms with Gasteiger partial charge in [-0.2, -0.15) is 0 Å². The van der Waals surface area contributed by atoms with Crippen LogP contribution in [0.3, 0.4) is 0 Å². The number of carboxylic acid groups (broad SMARTS) is 1. The lowest BCUT2D eigenvalue weighted by Gasteiger charge is -2.52. The third kappa shape index (κ3) is 4.81. The molecule has 41 heavy (non-hydrogen) atoms.